The Morgan fingerprint density at radius 1 is 1.18 bits per heavy atom. The summed E-state index contributed by atoms with van der Waals surface area (Å²) in [4.78, 5) is 6.62. The third-order valence-corrected chi connectivity index (χ3v) is 6.59. The summed E-state index contributed by atoms with van der Waals surface area (Å²) in [5.74, 6) is 0.401. The molecule has 2 aromatic heterocycles. The molecular weight excluding hydrogens is 470 g/mol. The first-order valence-electron chi connectivity index (χ1n) is 10.8. The Bertz CT molecular complexity index is 1300. The first kappa shape index (κ1) is 24.0. The maximum atomic E-state index is 11.8. The van der Waals surface area contributed by atoms with E-state index in [1.54, 1.807) is 18.3 Å². The molecule has 8 nitrogen and oxygen atoms in total. The van der Waals surface area contributed by atoms with Crippen LogP contribution in [0.2, 0.25) is 0 Å². The second-order valence-electron chi connectivity index (χ2n) is 9.28. The van der Waals surface area contributed by atoms with Crippen LogP contribution < -0.4 is 19.7 Å². The minimum atomic E-state index is -3.45. The highest BCUT2D eigenvalue weighted by Crippen LogP contribution is 2.43. The van der Waals surface area contributed by atoms with Crippen LogP contribution in [0.1, 0.15) is 44.1 Å². The van der Waals surface area contributed by atoms with E-state index in [0.29, 0.717) is 16.5 Å². The average molecular weight is 500 g/mol. The van der Waals surface area contributed by atoms with E-state index in [9.17, 15) is 8.42 Å². The fourth-order valence-corrected chi connectivity index (χ4v) is 5.00. The minimum Gasteiger partial charge on any atom is -0.494 e. The minimum absolute atomic E-state index is 0.0711. The van der Waals surface area contributed by atoms with Crippen molar-refractivity contribution in [2.24, 2.45) is 0 Å². The molecule has 3 heterocycles. The van der Waals surface area contributed by atoms with Crippen molar-refractivity contribution >= 4 is 38.7 Å². The van der Waals surface area contributed by atoms with Crippen molar-refractivity contribution in [1.29, 1.82) is 0 Å². The zero-order valence-electron chi connectivity index (χ0n) is 19.8. The molecule has 180 valence electrons. The van der Waals surface area contributed by atoms with Crippen molar-refractivity contribution in [2.45, 2.75) is 38.4 Å². The molecular formula is C24H29N5O3S2. The van der Waals surface area contributed by atoms with Crippen LogP contribution in [0.15, 0.2) is 61.1 Å². The monoisotopic (exact) mass is 499 g/mol. The van der Waals surface area contributed by atoms with Gasteiger partial charge < -0.3 is 19.5 Å². The molecule has 2 atom stereocenters. The highest BCUT2D eigenvalue weighted by Gasteiger charge is 2.41. The summed E-state index contributed by atoms with van der Waals surface area (Å²) >= 11 is 5.78. The molecule has 0 unspecified atom stereocenters. The second kappa shape index (κ2) is 8.92. The second-order valence-corrected chi connectivity index (χ2v) is 11.4. The van der Waals surface area contributed by atoms with Crippen molar-refractivity contribution in [3.8, 4) is 5.75 Å². The molecule has 0 spiro atoms. The maximum absolute atomic E-state index is 11.8. The smallest absolute Gasteiger partial charge is 0.229 e. The predicted molar refractivity (Wildman–Crippen MR) is 139 cm³/mol. The molecule has 10 heteroatoms. The van der Waals surface area contributed by atoms with Gasteiger partial charge in [0.15, 0.2) is 5.11 Å². The Morgan fingerprint density at radius 2 is 1.94 bits per heavy atom. The highest BCUT2D eigenvalue weighted by atomic mass is 32.2. The molecule has 0 saturated carbocycles. The van der Waals surface area contributed by atoms with Crippen molar-refractivity contribution < 1.29 is 13.2 Å². The summed E-state index contributed by atoms with van der Waals surface area (Å²) in [5, 5.41) is 3.99. The number of hydrogen-bond acceptors (Lipinski definition) is 5. The number of thiocarbonyl (C=S) groups is 1. The Kier molecular flexibility index (Phi) is 6.30. The zero-order chi connectivity index (χ0) is 24.7. The maximum Gasteiger partial charge on any atom is 0.229 e. The third-order valence-electron chi connectivity index (χ3n) is 5.69. The Morgan fingerprint density at radius 3 is 2.53 bits per heavy atom. The SMILES string of the molecule is COc1cc(N2C(=S)N[C@@H](c3ccccn3)[C@H]2c2ccn(C(C)(C)C)c2)ccc1NS(C)(=O)=O. The first-order valence-corrected chi connectivity index (χ1v) is 13.1. The number of rotatable bonds is 6. The van der Waals surface area contributed by atoms with Crippen LogP contribution in [0, 0.1) is 0 Å². The number of sulfonamides is 1. The van der Waals surface area contributed by atoms with E-state index in [0.717, 1.165) is 23.2 Å². The zero-order valence-corrected chi connectivity index (χ0v) is 21.4. The van der Waals surface area contributed by atoms with Crippen molar-refractivity contribution in [3.05, 3.63) is 72.3 Å². The fraction of sp³-hybridized carbons (Fsp3) is 0.333. The normalized spacial score (nSPS) is 18.6. The molecule has 0 amide bonds. The summed E-state index contributed by atoms with van der Waals surface area (Å²) in [7, 11) is -1.95. The molecule has 1 aromatic carbocycles. The van der Waals surface area contributed by atoms with Crippen molar-refractivity contribution in [3.63, 3.8) is 0 Å². The lowest BCUT2D eigenvalue weighted by atomic mass is 9.98. The number of aromatic nitrogens is 2. The van der Waals surface area contributed by atoms with Gasteiger partial charge in [0.1, 0.15) is 5.75 Å². The van der Waals surface area contributed by atoms with Gasteiger partial charge >= 0.3 is 0 Å². The first-order chi connectivity index (χ1) is 16.0. The van der Waals surface area contributed by atoms with Crippen LogP contribution in [-0.2, 0) is 15.6 Å². The molecule has 1 fully saturated rings. The third kappa shape index (κ3) is 4.88. The van der Waals surface area contributed by atoms with Gasteiger partial charge in [0.2, 0.25) is 10.0 Å². The molecule has 0 bridgehead atoms. The number of nitrogens with one attached hydrogen (secondary N) is 2. The van der Waals surface area contributed by atoms with Gasteiger partial charge in [0.25, 0.3) is 0 Å². The van der Waals surface area contributed by atoms with E-state index in [2.05, 4.69) is 58.8 Å². The Labute approximate surface area is 206 Å². The quantitative estimate of drug-likeness (QED) is 0.492. The van der Waals surface area contributed by atoms with Crippen LogP contribution in [-0.4, -0.2) is 36.4 Å². The number of methoxy groups -OCH3 is 1. The lowest BCUT2D eigenvalue weighted by Crippen LogP contribution is -2.29. The topological polar surface area (TPSA) is 88.5 Å². The fourth-order valence-electron chi connectivity index (χ4n) is 4.09. The van der Waals surface area contributed by atoms with Gasteiger partial charge in [-0.1, -0.05) is 6.07 Å². The summed E-state index contributed by atoms with van der Waals surface area (Å²) in [6.45, 7) is 6.46. The number of benzene rings is 1. The van der Waals surface area contributed by atoms with E-state index in [1.807, 2.05) is 29.2 Å². The van der Waals surface area contributed by atoms with E-state index in [-0.39, 0.29) is 17.6 Å². The van der Waals surface area contributed by atoms with Crippen molar-refractivity contribution in [2.75, 3.05) is 23.0 Å². The van der Waals surface area contributed by atoms with Crippen LogP contribution in [0.3, 0.4) is 0 Å². The van der Waals surface area contributed by atoms with Gasteiger partial charge in [-0.15, -0.1) is 0 Å². The number of ether oxygens (including phenoxy) is 1. The number of nitrogens with zero attached hydrogens (tertiary/aromatic N) is 3. The standard InChI is InChI=1S/C24H29N5O3S2/c1-24(2,3)28-13-11-16(15-28)22-21(19-8-6-7-12-25-19)26-23(33)29(22)17-9-10-18(20(14-17)32-4)27-34(5,30)31/h6-15,21-22,27H,1-5H3,(H,26,33)/t21-,22+/m0/s1. The van der Waals surface area contributed by atoms with Gasteiger partial charge in [0.05, 0.1) is 36.8 Å². The highest BCUT2D eigenvalue weighted by molar-refractivity contribution is 7.92. The average Bonchev–Trinajstić information content (AvgIpc) is 3.38. The van der Waals surface area contributed by atoms with Crippen LogP contribution in [0.5, 0.6) is 5.75 Å². The summed E-state index contributed by atoms with van der Waals surface area (Å²) in [6, 6.07) is 12.9. The molecule has 0 radical (unpaired) electrons. The van der Waals surface area contributed by atoms with Gasteiger partial charge in [-0.2, -0.15) is 0 Å². The van der Waals surface area contributed by atoms with Gasteiger partial charge in [-0.25, -0.2) is 8.42 Å². The molecule has 1 saturated heterocycles. The largest absolute Gasteiger partial charge is 0.494 e. The molecule has 4 rings (SSSR count). The number of hydrogen-bond donors (Lipinski definition) is 2. The van der Waals surface area contributed by atoms with E-state index in [4.69, 9.17) is 17.0 Å². The number of pyridine rings is 1. The molecule has 34 heavy (non-hydrogen) atoms. The van der Waals surface area contributed by atoms with Crippen LogP contribution >= 0.6 is 12.2 Å². The molecule has 3 aromatic rings. The lowest BCUT2D eigenvalue weighted by Gasteiger charge is -2.28. The van der Waals surface area contributed by atoms with Gasteiger partial charge in [0, 0.05) is 35.9 Å². The van der Waals surface area contributed by atoms with Gasteiger partial charge in [-0.3, -0.25) is 9.71 Å². The van der Waals surface area contributed by atoms with Crippen molar-refractivity contribution in [1.82, 2.24) is 14.9 Å². The molecule has 1 aliphatic rings. The van der Waals surface area contributed by atoms with Gasteiger partial charge in [-0.05, 0) is 68.9 Å². The summed E-state index contributed by atoms with van der Waals surface area (Å²) < 4.78 is 33.7. The molecule has 0 aliphatic carbocycles. The van der Waals surface area contributed by atoms with E-state index in [1.165, 1.54) is 7.11 Å². The summed E-state index contributed by atoms with van der Waals surface area (Å²) in [5.41, 5.74) is 3.03. The number of anilines is 2. The Balaban J connectivity index is 1.81. The summed E-state index contributed by atoms with van der Waals surface area (Å²) in [6.07, 6.45) is 7.09. The van der Waals surface area contributed by atoms with Crippen LogP contribution in [0.25, 0.3) is 0 Å². The lowest BCUT2D eigenvalue weighted by molar-refractivity contribution is 0.397. The molecule has 2 N–H and O–H groups in total. The van der Waals surface area contributed by atoms with Crippen LogP contribution in [0.4, 0.5) is 11.4 Å². The van der Waals surface area contributed by atoms with E-state index >= 15 is 0 Å². The Hall–Kier alpha value is -3.11. The predicted octanol–water partition coefficient (Wildman–Crippen LogP) is 4.20. The molecule has 1 aliphatic heterocycles. The van der Waals surface area contributed by atoms with E-state index < -0.39 is 10.0 Å².